The van der Waals surface area contributed by atoms with Gasteiger partial charge in [-0.1, -0.05) is 31.5 Å². The summed E-state index contributed by atoms with van der Waals surface area (Å²) in [5, 5.41) is 13.3. The molecule has 4 rings (SSSR count). The van der Waals surface area contributed by atoms with E-state index < -0.39 is 18.1 Å². The minimum Gasteiger partial charge on any atom is -0.496 e. The first-order valence-electron chi connectivity index (χ1n) is 12.4. The van der Waals surface area contributed by atoms with Gasteiger partial charge < -0.3 is 34.3 Å². The standard InChI is InChI=1S/C27H34N2O7/c1-3-4-13-29-25(31)12-10-21(26(29)20-7-5-6-8-22(20)33-2)27(32)28-15-18(30)16-34-19-9-11-23-24(14-19)36-17-35-23/h5-9,11,14,18,21,26,30H,3-4,10,12-13,15-17H2,1-2H3,(H,28,32). The predicted octanol–water partition coefficient (Wildman–Crippen LogP) is 3.06. The van der Waals surface area contributed by atoms with Gasteiger partial charge in [-0.15, -0.1) is 0 Å². The molecule has 0 aliphatic carbocycles. The highest BCUT2D eigenvalue weighted by molar-refractivity contribution is 5.85. The van der Waals surface area contributed by atoms with Crippen LogP contribution in [-0.2, 0) is 9.59 Å². The summed E-state index contributed by atoms with van der Waals surface area (Å²) < 4.78 is 21.9. The fourth-order valence-electron chi connectivity index (χ4n) is 4.68. The molecule has 9 nitrogen and oxygen atoms in total. The lowest BCUT2D eigenvalue weighted by Crippen LogP contribution is -2.49. The number of fused-ring (bicyclic) bond motifs is 1. The molecule has 2 aromatic rings. The molecule has 0 saturated carbocycles. The number of unbranched alkanes of at least 4 members (excludes halogenated alkanes) is 1. The van der Waals surface area contributed by atoms with E-state index in [0.29, 0.717) is 42.4 Å². The van der Waals surface area contributed by atoms with Crippen LogP contribution in [0.25, 0.3) is 0 Å². The van der Waals surface area contributed by atoms with E-state index in [2.05, 4.69) is 12.2 Å². The molecule has 36 heavy (non-hydrogen) atoms. The maximum Gasteiger partial charge on any atom is 0.231 e. The van der Waals surface area contributed by atoms with E-state index >= 15 is 0 Å². The molecule has 9 heteroatoms. The molecule has 3 unspecified atom stereocenters. The van der Waals surface area contributed by atoms with E-state index in [1.54, 1.807) is 25.3 Å². The summed E-state index contributed by atoms with van der Waals surface area (Å²) in [6, 6.07) is 12.3. The number of nitrogens with zero attached hydrogens (tertiary/aromatic N) is 1. The molecule has 2 aliphatic heterocycles. The lowest BCUT2D eigenvalue weighted by atomic mass is 9.83. The van der Waals surface area contributed by atoms with Crippen LogP contribution < -0.4 is 24.3 Å². The second kappa shape index (κ2) is 12.0. The second-order valence-electron chi connectivity index (χ2n) is 9.00. The Hall–Kier alpha value is -3.46. The summed E-state index contributed by atoms with van der Waals surface area (Å²) in [5.41, 5.74) is 0.816. The summed E-state index contributed by atoms with van der Waals surface area (Å²) in [6.07, 6.45) is 1.62. The first kappa shape index (κ1) is 25.6. The van der Waals surface area contributed by atoms with Crippen LogP contribution in [0.5, 0.6) is 23.0 Å². The van der Waals surface area contributed by atoms with Gasteiger partial charge >= 0.3 is 0 Å². The van der Waals surface area contributed by atoms with Crippen molar-refractivity contribution >= 4 is 11.8 Å². The van der Waals surface area contributed by atoms with Crippen LogP contribution in [-0.4, -0.2) is 61.5 Å². The number of methoxy groups -OCH3 is 1. The number of likely N-dealkylation sites (tertiary alicyclic amines) is 1. The highest BCUT2D eigenvalue weighted by Gasteiger charge is 2.41. The van der Waals surface area contributed by atoms with Gasteiger partial charge in [0.15, 0.2) is 11.5 Å². The Bertz CT molecular complexity index is 1060. The molecule has 2 aliphatic rings. The van der Waals surface area contributed by atoms with E-state index in [1.165, 1.54) is 0 Å². The van der Waals surface area contributed by atoms with Gasteiger partial charge in [0.1, 0.15) is 24.2 Å². The van der Waals surface area contributed by atoms with Gasteiger partial charge in [0.05, 0.1) is 19.1 Å². The average Bonchev–Trinajstić information content (AvgIpc) is 3.37. The van der Waals surface area contributed by atoms with Crippen LogP contribution in [0.15, 0.2) is 42.5 Å². The Balaban J connectivity index is 1.41. The first-order valence-corrected chi connectivity index (χ1v) is 12.4. The van der Waals surface area contributed by atoms with Gasteiger partial charge in [0.2, 0.25) is 18.6 Å². The average molecular weight is 499 g/mol. The molecule has 1 saturated heterocycles. The minimum atomic E-state index is -0.912. The molecule has 2 N–H and O–H groups in total. The van der Waals surface area contributed by atoms with Gasteiger partial charge in [-0.3, -0.25) is 9.59 Å². The Labute approximate surface area is 211 Å². The van der Waals surface area contributed by atoms with Crippen LogP contribution in [0.3, 0.4) is 0 Å². The molecular formula is C27H34N2O7. The third kappa shape index (κ3) is 5.84. The number of aliphatic hydroxyl groups excluding tert-OH is 1. The first-order chi connectivity index (χ1) is 17.5. The SMILES string of the molecule is CCCCN1C(=O)CCC(C(=O)NCC(O)COc2ccc3c(c2)OCO3)C1c1ccccc1OC. The van der Waals surface area contributed by atoms with E-state index in [4.69, 9.17) is 18.9 Å². The number of rotatable bonds is 11. The normalized spacial score (nSPS) is 19.6. The molecule has 0 aromatic heterocycles. The summed E-state index contributed by atoms with van der Waals surface area (Å²) in [5.74, 6) is 1.81. The van der Waals surface area contributed by atoms with Crippen molar-refractivity contribution in [2.75, 3.05) is 33.6 Å². The van der Waals surface area contributed by atoms with Gasteiger partial charge in [0, 0.05) is 31.1 Å². The topological polar surface area (TPSA) is 107 Å². The van der Waals surface area contributed by atoms with Crippen molar-refractivity contribution in [3.05, 3.63) is 48.0 Å². The highest BCUT2D eigenvalue weighted by Crippen LogP contribution is 2.41. The van der Waals surface area contributed by atoms with Gasteiger partial charge in [0.25, 0.3) is 0 Å². The van der Waals surface area contributed by atoms with Crippen LogP contribution in [0.2, 0.25) is 0 Å². The summed E-state index contributed by atoms with van der Waals surface area (Å²) in [7, 11) is 1.59. The molecule has 0 spiro atoms. The summed E-state index contributed by atoms with van der Waals surface area (Å²) in [4.78, 5) is 28.0. The van der Waals surface area contributed by atoms with Crippen molar-refractivity contribution in [1.82, 2.24) is 10.2 Å². The molecule has 2 aromatic carbocycles. The molecule has 2 heterocycles. The molecule has 1 fully saturated rings. The van der Waals surface area contributed by atoms with Crippen molar-refractivity contribution in [2.45, 2.75) is 44.8 Å². The lowest BCUT2D eigenvalue weighted by molar-refractivity contribution is -0.143. The van der Waals surface area contributed by atoms with Gasteiger partial charge in [-0.2, -0.15) is 0 Å². The fourth-order valence-corrected chi connectivity index (χ4v) is 4.68. The zero-order valence-corrected chi connectivity index (χ0v) is 20.8. The van der Waals surface area contributed by atoms with Crippen molar-refractivity contribution in [3.63, 3.8) is 0 Å². The molecule has 3 atom stereocenters. The summed E-state index contributed by atoms with van der Waals surface area (Å²) in [6.45, 7) is 2.85. The number of hydrogen-bond acceptors (Lipinski definition) is 7. The van der Waals surface area contributed by atoms with Crippen molar-refractivity contribution in [3.8, 4) is 23.0 Å². The molecule has 2 amide bonds. The monoisotopic (exact) mass is 498 g/mol. The van der Waals surface area contributed by atoms with E-state index in [9.17, 15) is 14.7 Å². The number of amides is 2. The number of hydrogen-bond donors (Lipinski definition) is 2. The predicted molar refractivity (Wildman–Crippen MR) is 132 cm³/mol. The minimum absolute atomic E-state index is 0.00163. The Morgan fingerprint density at radius 2 is 2.03 bits per heavy atom. The maximum absolute atomic E-state index is 13.3. The number of piperidine rings is 1. The highest BCUT2D eigenvalue weighted by atomic mass is 16.7. The van der Waals surface area contributed by atoms with Crippen LogP contribution in [0.4, 0.5) is 0 Å². The van der Waals surface area contributed by atoms with Crippen molar-refractivity contribution < 1.29 is 33.6 Å². The number of benzene rings is 2. The smallest absolute Gasteiger partial charge is 0.231 e. The zero-order chi connectivity index (χ0) is 25.5. The van der Waals surface area contributed by atoms with Crippen molar-refractivity contribution in [1.29, 1.82) is 0 Å². The second-order valence-corrected chi connectivity index (χ2v) is 9.00. The van der Waals surface area contributed by atoms with Crippen LogP contribution in [0, 0.1) is 5.92 Å². The third-order valence-electron chi connectivity index (χ3n) is 6.55. The van der Waals surface area contributed by atoms with E-state index in [1.807, 2.05) is 29.2 Å². The maximum atomic E-state index is 13.3. The van der Waals surface area contributed by atoms with E-state index in [-0.39, 0.29) is 31.8 Å². The Kier molecular flexibility index (Phi) is 8.53. The van der Waals surface area contributed by atoms with Crippen LogP contribution >= 0.6 is 0 Å². The number of aliphatic hydroxyl groups is 1. The fraction of sp³-hybridized carbons (Fsp3) is 0.481. The molecule has 0 radical (unpaired) electrons. The number of carbonyl (C=O) groups is 2. The molecule has 0 bridgehead atoms. The van der Waals surface area contributed by atoms with Gasteiger partial charge in [-0.05, 0) is 31.0 Å². The number of ether oxygens (including phenoxy) is 4. The number of carbonyl (C=O) groups excluding carboxylic acids is 2. The van der Waals surface area contributed by atoms with Crippen molar-refractivity contribution in [2.24, 2.45) is 5.92 Å². The third-order valence-corrected chi connectivity index (χ3v) is 6.55. The quantitative estimate of drug-likeness (QED) is 0.490. The van der Waals surface area contributed by atoms with Gasteiger partial charge in [-0.25, -0.2) is 0 Å². The summed E-state index contributed by atoms with van der Waals surface area (Å²) >= 11 is 0. The van der Waals surface area contributed by atoms with E-state index in [0.717, 1.165) is 18.4 Å². The number of nitrogens with one attached hydrogen (secondary N) is 1. The largest absolute Gasteiger partial charge is 0.496 e. The lowest BCUT2D eigenvalue weighted by Gasteiger charge is -2.41. The molecule has 194 valence electrons. The number of para-hydroxylation sites is 1. The Morgan fingerprint density at radius 3 is 2.83 bits per heavy atom. The Morgan fingerprint density at radius 1 is 1.22 bits per heavy atom. The molecular weight excluding hydrogens is 464 g/mol. The zero-order valence-electron chi connectivity index (χ0n) is 20.8. The van der Waals surface area contributed by atoms with Crippen LogP contribution in [0.1, 0.15) is 44.2 Å².